The highest BCUT2D eigenvalue weighted by atomic mass is 32.2. The van der Waals surface area contributed by atoms with Crippen LogP contribution in [0.25, 0.3) is 0 Å². The number of fused-ring (bicyclic) bond motifs is 1. The summed E-state index contributed by atoms with van der Waals surface area (Å²) in [6.45, 7) is 6.45. The summed E-state index contributed by atoms with van der Waals surface area (Å²) in [5, 5.41) is 0. The average Bonchev–Trinajstić information content (AvgIpc) is 3.34. The van der Waals surface area contributed by atoms with Crippen LogP contribution in [0.2, 0.25) is 0 Å². The first kappa shape index (κ1) is 24.3. The molecule has 184 valence electrons. The maximum absolute atomic E-state index is 12.5. The summed E-state index contributed by atoms with van der Waals surface area (Å²) < 4.78 is 44.3. The van der Waals surface area contributed by atoms with Gasteiger partial charge >= 0.3 is 0 Å². The van der Waals surface area contributed by atoms with Crippen LogP contribution in [0, 0.1) is 0 Å². The number of hydrogen-bond acceptors (Lipinski definition) is 7. The minimum Gasteiger partial charge on any atom is -0.486 e. The molecule has 1 aromatic carbocycles. The molecule has 0 spiro atoms. The predicted molar refractivity (Wildman–Crippen MR) is 123 cm³/mol. The van der Waals surface area contributed by atoms with Crippen LogP contribution in [0.1, 0.15) is 38.5 Å². The molecule has 0 aromatic heterocycles. The predicted octanol–water partition coefficient (Wildman–Crippen LogP) is 1.62. The molecular weight excluding hydrogens is 446 g/mol. The van der Waals surface area contributed by atoms with Crippen molar-refractivity contribution in [3.8, 4) is 11.5 Å². The van der Waals surface area contributed by atoms with Gasteiger partial charge in [0, 0.05) is 58.4 Å². The quantitative estimate of drug-likeness (QED) is 0.507. The van der Waals surface area contributed by atoms with Crippen molar-refractivity contribution in [2.75, 3.05) is 59.1 Å². The number of hydrogen-bond donors (Lipinski definition) is 1. The number of amides is 1. The van der Waals surface area contributed by atoms with Crippen molar-refractivity contribution in [2.24, 2.45) is 0 Å². The summed E-state index contributed by atoms with van der Waals surface area (Å²) >= 11 is 0. The first-order valence-electron chi connectivity index (χ1n) is 12.0. The van der Waals surface area contributed by atoms with Gasteiger partial charge in [-0.1, -0.05) is 6.42 Å². The van der Waals surface area contributed by atoms with Crippen LogP contribution in [0.15, 0.2) is 23.1 Å². The van der Waals surface area contributed by atoms with Crippen molar-refractivity contribution in [3.63, 3.8) is 0 Å². The summed E-state index contributed by atoms with van der Waals surface area (Å²) in [5.74, 6) is 1.22. The lowest BCUT2D eigenvalue weighted by atomic mass is 10.1. The Kier molecular flexibility index (Phi) is 8.45. The zero-order valence-corrected chi connectivity index (χ0v) is 20.0. The molecule has 4 rings (SSSR count). The minimum absolute atomic E-state index is 0.167. The van der Waals surface area contributed by atoms with E-state index in [1.165, 1.54) is 12.1 Å². The molecular formula is C23H35N3O6S. The number of rotatable bonds is 10. The van der Waals surface area contributed by atoms with E-state index in [0.29, 0.717) is 50.2 Å². The number of ether oxygens (including phenoxy) is 3. The molecule has 10 heteroatoms. The second kappa shape index (κ2) is 11.5. The molecule has 1 amide bonds. The van der Waals surface area contributed by atoms with E-state index >= 15 is 0 Å². The molecule has 0 bridgehead atoms. The molecule has 1 aromatic rings. The fourth-order valence-electron chi connectivity index (χ4n) is 4.47. The van der Waals surface area contributed by atoms with Crippen LogP contribution in [-0.2, 0) is 19.6 Å². The Morgan fingerprint density at radius 3 is 2.55 bits per heavy atom. The number of nitrogens with one attached hydrogen (secondary N) is 1. The third-order valence-electron chi connectivity index (χ3n) is 6.39. The highest BCUT2D eigenvalue weighted by molar-refractivity contribution is 7.89. The van der Waals surface area contributed by atoms with Gasteiger partial charge in [-0.2, -0.15) is 0 Å². The van der Waals surface area contributed by atoms with Crippen LogP contribution in [0.4, 0.5) is 0 Å². The van der Waals surface area contributed by atoms with Gasteiger partial charge < -0.3 is 19.1 Å². The first-order chi connectivity index (χ1) is 16.0. The van der Waals surface area contributed by atoms with E-state index in [0.717, 1.165) is 65.0 Å². The van der Waals surface area contributed by atoms with Crippen molar-refractivity contribution in [2.45, 2.75) is 49.5 Å². The Bertz CT molecular complexity index is 895. The summed E-state index contributed by atoms with van der Waals surface area (Å²) in [4.78, 5) is 17.0. The molecule has 9 nitrogen and oxygen atoms in total. The van der Waals surface area contributed by atoms with E-state index in [1.54, 1.807) is 6.07 Å². The second-order valence-corrected chi connectivity index (χ2v) is 10.6. The van der Waals surface area contributed by atoms with Crippen molar-refractivity contribution in [1.29, 1.82) is 0 Å². The van der Waals surface area contributed by atoms with Crippen LogP contribution >= 0.6 is 0 Å². The Morgan fingerprint density at radius 2 is 1.79 bits per heavy atom. The van der Waals surface area contributed by atoms with Crippen molar-refractivity contribution in [3.05, 3.63) is 18.2 Å². The van der Waals surface area contributed by atoms with Crippen molar-refractivity contribution in [1.82, 2.24) is 14.5 Å². The molecule has 1 unspecified atom stereocenters. The van der Waals surface area contributed by atoms with Crippen LogP contribution in [0.3, 0.4) is 0 Å². The third-order valence-corrected chi connectivity index (χ3v) is 7.85. The summed E-state index contributed by atoms with van der Waals surface area (Å²) in [6.07, 6.45) is 5.43. The fourth-order valence-corrected chi connectivity index (χ4v) is 5.56. The third kappa shape index (κ3) is 6.81. The van der Waals surface area contributed by atoms with Gasteiger partial charge in [-0.25, -0.2) is 13.1 Å². The van der Waals surface area contributed by atoms with Crippen molar-refractivity contribution < 1.29 is 27.4 Å². The van der Waals surface area contributed by atoms with Gasteiger partial charge in [-0.3, -0.25) is 9.69 Å². The molecule has 1 atom stereocenters. The van der Waals surface area contributed by atoms with E-state index < -0.39 is 10.0 Å². The minimum atomic E-state index is -3.60. The Labute approximate surface area is 196 Å². The zero-order valence-electron chi connectivity index (χ0n) is 19.2. The second-order valence-electron chi connectivity index (χ2n) is 8.83. The molecule has 2 fully saturated rings. The van der Waals surface area contributed by atoms with E-state index in [2.05, 4.69) is 9.62 Å². The molecule has 2 saturated heterocycles. The Hall–Kier alpha value is -1.88. The highest BCUT2D eigenvalue weighted by Gasteiger charge is 2.24. The van der Waals surface area contributed by atoms with E-state index in [9.17, 15) is 13.2 Å². The first-order valence-corrected chi connectivity index (χ1v) is 13.5. The molecule has 3 heterocycles. The highest BCUT2D eigenvalue weighted by Crippen LogP contribution is 2.32. The average molecular weight is 482 g/mol. The molecule has 3 aliphatic heterocycles. The molecule has 33 heavy (non-hydrogen) atoms. The van der Waals surface area contributed by atoms with Gasteiger partial charge in [-0.05, 0) is 37.8 Å². The van der Waals surface area contributed by atoms with Crippen molar-refractivity contribution >= 4 is 15.9 Å². The number of nitrogens with zero attached hydrogens (tertiary/aromatic N) is 2. The Morgan fingerprint density at radius 1 is 1.00 bits per heavy atom. The van der Waals surface area contributed by atoms with E-state index in [-0.39, 0.29) is 10.8 Å². The van der Waals surface area contributed by atoms with E-state index in [1.807, 2.05) is 4.90 Å². The lowest BCUT2D eigenvalue weighted by molar-refractivity contribution is -0.133. The number of unbranched alkanes of at least 4 members (excludes halogenated alkanes) is 2. The normalized spacial score (nSPS) is 21.3. The SMILES string of the molecule is O=C(CCCCCNS(=O)(=O)c1ccc2c(c1)OCCO2)N1CCN(CC2CCCO2)CC1. The smallest absolute Gasteiger partial charge is 0.240 e. The fraction of sp³-hybridized carbons (Fsp3) is 0.696. The molecule has 0 radical (unpaired) electrons. The van der Waals surface area contributed by atoms with Gasteiger partial charge in [0.15, 0.2) is 11.5 Å². The van der Waals surface area contributed by atoms with Gasteiger partial charge in [0.05, 0.1) is 11.0 Å². The van der Waals surface area contributed by atoms with Gasteiger partial charge in [0.25, 0.3) is 0 Å². The molecule has 3 aliphatic rings. The molecule has 0 saturated carbocycles. The van der Waals surface area contributed by atoms with Gasteiger partial charge in [0.2, 0.25) is 15.9 Å². The van der Waals surface area contributed by atoms with Crippen LogP contribution in [-0.4, -0.2) is 89.3 Å². The molecule has 0 aliphatic carbocycles. The number of piperazine rings is 1. The number of sulfonamides is 1. The number of benzene rings is 1. The standard InChI is InChI=1S/C23H35N3O6S/c27-23(26-12-10-25(11-13-26)18-19-5-4-14-30-19)6-2-1-3-9-24-33(28,29)20-7-8-21-22(17-20)32-16-15-31-21/h7-8,17,19,24H,1-6,9-16,18H2. The largest absolute Gasteiger partial charge is 0.486 e. The maximum Gasteiger partial charge on any atom is 0.240 e. The van der Waals surface area contributed by atoms with Gasteiger partial charge in [-0.15, -0.1) is 0 Å². The molecule has 1 N–H and O–H groups in total. The lowest BCUT2D eigenvalue weighted by Gasteiger charge is -2.35. The van der Waals surface area contributed by atoms with Crippen LogP contribution < -0.4 is 14.2 Å². The van der Waals surface area contributed by atoms with Gasteiger partial charge in [0.1, 0.15) is 13.2 Å². The summed E-state index contributed by atoms with van der Waals surface area (Å²) in [5.41, 5.74) is 0. The summed E-state index contributed by atoms with van der Waals surface area (Å²) in [6, 6.07) is 4.64. The van der Waals surface area contributed by atoms with E-state index in [4.69, 9.17) is 14.2 Å². The zero-order chi connectivity index (χ0) is 23.1. The monoisotopic (exact) mass is 481 g/mol. The maximum atomic E-state index is 12.5. The topological polar surface area (TPSA) is 97.4 Å². The van der Waals surface area contributed by atoms with Crippen LogP contribution in [0.5, 0.6) is 11.5 Å². The Balaban J connectivity index is 1.09. The summed E-state index contributed by atoms with van der Waals surface area (Å²) in [7, 11) is -3.60. The number of carbonyl (C=O) groups excluding carboxylic acids is 1. The number of carbonyl (C=O) groups is 1. The lowest BCUT2D eigenvalue weighted by Crippen LogP contribution is -2.50.